The van der Waals surface area contributed by atoms with Crippen LogP contribution in [0.25, 0.3) is 0 Å². The molecule has 0 unspecified atom stereocenters. The van der Waals surface area contributed by atoms with Gasteiger partial charge in [-0.3, -0.25) is 9.69 Å². The summed E-state index contributed by atoms with van der Waals surface area (Å²) in [6, 6.07) is 6.78. The minimum Gasteiger partial charge on any atom is -0.334 e. The van der Waals surface area contributed by atoms with Crippen LogP contribution >= 0.6 is 0 Å². The first-order valence-electron chi connectivity index (χ1n) is 9.46. The predicted molar refractivity (Wildman–Crippen MR) is 99.1 cm³/mol. The monoisotopic (exact) mass is 374 g/mol. The van der Waals surface area contributed by atoms with E-state index in [-0.39, 0.29) is 24.3 Å². The Morgan fingerprint density at radius 3 is 2.74 bits per heavy atom. The van der Waals surface area contributed by atoms with Crippen molar-refractivity contribution in [2.24, 2.45) is 0 Å². The molecule has 2 heterocycles. The third kappa shape index (κ3) is 4.68. The zero-order valence-corrected chi connectivity index (χ0v) is 16.2. The van der Waals surface area contributed by atoms with Crippen LogP contribution in [-0.4, -0.2) is 55.5 Å². The van der Waals surface area contributed by atoms with Crippen LogP contribution in [0, 0.1) is 5.82 Å². The summed E-state index contributed by atoms with van der Waals surface area (Å²) in [7, 11) is 2.00. The third-order valence-corrected chi connectivity index (χ3v) is 5.24. The SMILES string of the molecule is CC(C)N(C)Cc1nnnn1CC(=O)N1CCCC[C@@H]1c1ccc(F)cc1. The van der Waals surface area contributed by atoms with Crippen molar-refractivity contribution < 1.29 is 9.18 Å². The number of rotatable bonds is 6. The summed E-state index contributed by atoms with van der Waals surface area (Å²) < 4.78 is 14.8. The molecule has 1 aliphatic heterocycles. The molecule has 1 aromatic heterocycles. The van der Waals surface area contributed by atoms with Crippen molar-refractivity contribution in [1.82, 2.24) is 30.0 Å². The maximum absolute atomic E-state index is 13.3. The van der Waals surface area contributed by atoms with Gasteiger partial charge in [0.15, 0.2) is 5.82 Å². The lowest BCUT2D eigenvalue weighted by Crippen LogP contribution is -2.41. The zero-order valence-electron chi connectivity index (χ0n) is 16.2. The summed E-state index contributed by atoms with van der Waals surface area (Å²) in [6.45, 7) is 5.59. The summed E-state index contributed by atoms with van der Waals surface area (Å²) in [5.41, 5.74) is 0.973. The van der Waals surface area contributed by atoms with Crippen LogP contribution in [0.2, 0.25) is 0 Å². The summed E-state index contributed by atoms with van der Waals surface area (Å²) >= 11 is 0. The van der Waals surface area contributed by atoms with Crippen molar-refractivity contribution in [3.63, 3.8) is 0 Å². The van der Waals surface area contributed by atoms with E-state index in [1.54, 1.807) is 16.8 Å². The first kappa shape index (κ1) is 19.4. The zero-order chi connectivity index (χ0) is 19.4. The van der Waals surface area contributed by atoms with Gasteiger partial charge in [-0.2, -0.15) is 0 Å². The van der Waals surface area contributed by atoms with Crippen LogP contribution in [0.15, 0.2) is 24.3 Å². The second kappa shape index (κ2) is 8.56. The molecule has 0 bridgehead atoms. The van der Waals surface area contributed by atoms with Crippen molar-refractivity contribution in [3.05, 3.63) is 41.5 Å². The number of nitrogens with zero attached hydrogens (tertiary/aromatic N) is 6. The highest BCUT2D eigenvalue weighted by Crippen LogP contribution is 2.31. The Bertz CT molecular complexity index is 760. The molecule has 1 saturated heterocycles. The molecule has 0 radical (unpaired) electrons. The molecule has 0 saturated carbocycles. The van der Waals surface area contributed by atoms with Gasteiger partial charge in [0.2, 0.25) is 5.91 Å². The molecule has 8 heteroatoms. The Balaban J connectivity index is 1.73. The van der Waals surface area contributed by atoms with Gasteiger partial charge in [0.1, 0.15) is 12.4 Å². The van der Waals surface area contributed by atoms with Crippen LogP contribution in [0.1, 0.15) is 50.5 Å². The molecule has 0 aliphatic carbocycles. The van der Waals surface area contributed by atoms with E-state index in [4.69, 9.17) is 0 Å². The molecule has 146 valence electrons. The number of hydrogen-bond donors (Lipinski definition) is 0. The van der Waals surface area contributed by atoms with Gasteiger partial charge in [-0.25, -0.2) is 9.07 Å². The fourth-order valence-corrected chi connectivity index (χ4v) is 3.35. The number of aromatic nitrogens is 4. The van der Waals surface area contributed by atoms with Crippen LogP contribution < -0.4 is 0 Å². The maximum atomic E-state index is 13.3. The Labute approximate surface area is 159 Å². The smallest absolute Gasteiger partial charge is 0.244 e. The Hall–Kier alpha value is -2.35. The van der Waals surface area contributed by atoms with E-state index in [1.165, 1.54) is 12.1 Å². The van der Waals surface area contributed by atoms with E-state index in [9.17, 15) is 9.18 Å². The number of likely N-dealkylation sites (tertiary alicyclic amines) is 1. The highest BCUT2D eigenvalue weighted by molar-refractivity contribution is 5.76. The second-order valence-corrected chi connectivity index (χ2v) is 7.41. The molecular weight excluding hydrogens is 347 g/mol. The number of benzene rings is 1. The second-order valence-electron chi connectivity index (χ2n) is 7.41. The van der Waals surface area contributed by atoms with Crippen LogP contribution in [-0.2, 0) is 17.9 Å². The van der Waals surface area contributed by atoms with E-state index < -0.39 is 0 Å². The van der Waals surface area contributed by atoms with Gasteiger partial charge in [-0.15, -0.1) is 5.10 Å². The van der Waals surface area contributed by atoms with Crippen molar-refractivity contribution in [3.8, 4) is 0 Å². The summed E-state index contributed by atoms with van der Waals surface area (Å²) in [6.07, 6.45) is 2.92. The average molecular weight is 374 g/mol. The number of carbonyl (C=O) groups excluding carboxylic acids is 1. The molecule has 0 spiro atoms. The predicted octanol–water partition coefficient (Wildman–Crippen LogP) is 2.41. The molecule has 1 aliphatic rings. The summed E-state index contributed by atoms with van der Waals surface area (Å²) in [5.74, 6) is 0.403. The largest absolute Gasteiger partial charge is 0.334 e. The number of carbonyl (C=O) groups is 1. The fourth-order valence-electron chi connectivity index (χ4n) is 3.35. The van der Waals surface area contributed by atoms with Gasteiger partial charge in [0.25, 0.3) is 0 Å². The van der Waals surface area contributed by atoms with Gasteiger partial charge < -0.3 is 4.90 Å². The molecule has 3 rings (SSSR count). The van der Waals surface area contributed by atoms with Crippen molar-refractivity contribution >= 4 is 5.91 Å². The van der Waals surface area contributed by atoms with E-state index in [0.717, 1.165) is 24.8 Å². The molecule has 1 atom stereocenters. The number of hydrogen-bond acceptors (Lipinski definition) is 5. The van der Waals surface area contributed by atoms with Gasteiger partial charge in [0, 0.05) is 12.6 Å². The molecule has 2 aromatic rings. The first-order chi connectivity index (χ1) is 13.0. The normalized spacial score (nSPS) is 17.7. The summed E-state index contributed by atoms with van der Waals surface area (Å²) in [4.78, 5) is 17.0. The van der Waals surface area contributed by atoms with Gasteiger partial charge >= 0.3 is 0 Å². The number of halogens is 1. The molecule has 1 aromatic carbocycles. The van der Waals surface area contributed by atoms with Gasteiger partial charge in [-0.05, 0) is 68.3 Å². The maximum Gasteiger partial charge on any atom is 0.244 e. The molecular formula is C19H27FN6O. The van der Waals surface area contributed by atoms with E-state index >= 15 is 0 Å². The molecule has 1 amide bonds. The van der Waals surface area contributed by atoms with E-state index in [0.29, 0.717) is 25.0 Å². The fraction of sp³-hybridized carbons (Fsp3) is 0.579. The minimum absolute atomic E-state index is 0.00947. The average Bonchev–Trinajstić information content (AvgIpc) is 3.09. The highest BCUT2D eigenvalue weighted by Gasteiger charge is 2.28. The van der Waals surface area contributed by atoms with E-state index in [2.05, 4.69) is 34.3 Å². The Morgan fingerprint density at radius 2 is 2.04 bits per heavy atom. The van der Waals surface area contributed by atoms with Gasteiger partial charge in [-0.1, -0.05) is 12.1 Å². The lowest BCUT2D eigenvalue weighted by molar-refractivity contribution is -0.136. The lowest BCUT2D eigenvalue weighted by atomic mass is 9.95. The third-order valence-electron chi connectivity index (χ3n) is 5.24. The highest BCUT2D eigenvalue weighted by atomic mass is 19.1. The summed E-state index contributed by atoms with van der Waals surface area (Å²) in [5, 5.41) is 11.8. The van der Waals surface area contributed by atoms with Crippen LogP contribution in [0.5, 0.6) is 0 Å². The minimum atomic E-state index is -0.264. The molecule has 1 fully saturated rings. The van der Waals surface area contributed by atoms with Crippen LogP contribution in [0.3, 0.4) is 0 Å². The molecule has 7 nitrogen and oxygen atoms in total. The lowest BCUT2D eigenvalue weighted by Gasteiger charge is -2.36. The molecule has 27 heavy (non-hydrogen) atoms. The number of amides is 1. The Morgan fingerprint density at radius 1 is 1.30 bits per heavy atom. The van der Waals surface area contributed by atoms with Crippen molar-refractivity contribution in [2.45, 2.75) is 58.3 Å². The topological polar surface area (TPSA) is 67.2 Å². The van der Waals surface area contributed by atoms with Gasteiger partial charge in [0.05, 0.1) is 12.6 Å². The quantitative estimate of drug-likeness (QED) is 0.777. The standard InChI is InChI=1S/C19H27FN6O/c1-14(2)24(3)12-18-21-22-23-26(18)13-19(27)25-11-5-4-6-17(25)15-7-9-16(20)10-8-15/h7-10,14,17H,4-6,11-13H2,1-3H3/t17-/m1/s1. The van der Waals surface area contributed by atoms with Crippen molar-refractivity contribution in [2.75, 3.05) is 13.6 Å². The van der Waals surface area contributed by atoms with Crippen molar-refractivity contribution in [1.29, 1.82) is 0 Å². The molecule has 0 N–H and O–H groups in total. The van der Waals surface area contributed by atoms with E-state index in [1.807, 2.05) is 11.9 Å². The number of piperidine rings is 1. The number of tetrazole rings is 1. The van der Waals surface area contributed by atoms with Crippen LogP contribution in [0.4, 0.5) is 4.39 Å². The Kier molecular flexibility index (Phi) is 6.15. The first-order valence-corrected chi connectivity index (χ1v) is 9.46.